The van der Waals surface area contributed by atoms with Gasteiger partial charge in [-0.2, -0.15) is 5.10 Å². The topological polar surface area (TPSA) is 109 Å². The lowest BCUT2D eigenvalue weighted by atomic mass is 10.1. The van der Waals surface area contributed by atoms with Crippen molar-refractivity contribution >= 4 is 22.7 Å². The van der Waals surface area contributed by atoms with E-state index in [0.29, 0.717) is 43.6 Å². The molecule has 30 heavy (non-hydrogen) atoms. The number of hydrogen-bond acceptors (Lipinski definition) is 6. The number of hydrogen-bond donors (Lipinski definition) is 1. The molecule has 0 saturated carbocycles. The Kier molecular flexibility index (Phi) is 5.53. The highest BCUT2D eigenvalue weighted by Gasteiger charge is 2.17. The van der Waals surface area contributed by atoms with Crippen molar-refractivity contribution in [3.05, 3.63) is 48.2 Å². The fraction of sp³-hybridized carbons (Fsp3) is 0.286. The number of ether oxygens (including phenoxy) is 3. The zero-order chi connectivity index (χ0) is 21.1. The summed E-state index contributed by atoms with van der Waals surface area (Å²) < 4.78 is 18.4. The summed E-state index contributed by atoms with van der Waals surface area (Å²) in [7, 11) is 1.81. The second kappa shape index (κ2) is 8.42. The van der Waals surface area contributed by atoms with Gasteiger partial charge < -0.3 is 24.8 Å². The normalized spacial score (nSPS) is 14.0. The van der Waals surface area contributed by atoms with Gasteiger partial charge in [0.05, 0.1) is 30.5 Å². The standard InChI is InChI=1S/C21H22N4O5/c1-24-18-11-19(17(21(22)27)10-14(18)12-23-24)30-16-4-2-15(3-5-16)29-13-20(26)25-6-8-28-9-7-25/h2-5,10-12H,6-9,13H2,1H3,(H2,22,27). The fourth-order valence-corrected chi connectivity index (χ4v) is 3.24. The molecule has 9 heteroatoms. The predicted molar refractivity (Wildman–Crippen MR) is 109 cm³/mol. The van der Waals surface area contributed by atoms with Gasteiger partial charge in [-0.15, -0.1) is 0 Å². The van der Waals surface area contributed by atoms with Gasteiger partial charge in [-0.25, -0.2) is 0 Å². The van der Waals surface area contributed by atoms with Crippen LogP contribution in [0.3, 0.4) is 0 Å². The summed E-state index contributed by atoms with van der Waals surface area (Å²) in [5.74, 6) is 0.730. The Hall–Kier alpha value is -3.59. The number of morpholine rings is 1. The zero-order valence-corrected chi connectivity index (χ0v) is 16.5. The van der Waals surface area contributed by atoms with E-state index in [1.165, 1.54) is 0 Å². The number of nitrogens with two attached hydrogens (primary N) is 1. The lowest BCUT2D eigenvalue weighted by Gasteiger charge is -2.26. The Morgan fingerprint density at radius 1 is 1.13 bits per heavy atom. The van der Waals surface area contributed by atoms with Crippen LogP contribution in [0.5, 0.6) is 17.2 Å². The number of primary amides is 1. The number of carbonyl (C=O) groups is 2. The molecule has 0 bridgehead atoms. The molecule has 1 aliphatic rings. The van der Waals surface area contributed by atoms with Crippen LogP contribution in [0, 0.1) is 0 Å². The number of nitrogens with zero attached hydrogens (tertiary/aromatic N) is 3. The molecule has 0 atom stereocenters. The first-order valence-electron chi connectivity index (χ1n) is 9.53. The summed E-state index contributed by atoms with van der Waals surface area (Å²) >= 11 is 0. The van der Waals surface area contributed by atoms with E-state index in [-0.39, 0.29) is 18.1 Å². The van der Waals surface area contributed by atoms with Gasteiger partial charge in [0.15, 0.2) is 6.61 Å². The summed E-state index contributed by atoms with van der Waals surface area (Å²) in [4.78, 5) is 25.7. The number of fused-ring (bicyclic) bond motifs is 1. The number of amides is 2. The molecule has 0 radical (unpaired) electrons. The molecule has 2 heterocycles. The third kappa shape index (κ3) is 4.20. The first kappa shape index (κ1) is 19.7. The summed E-state index contributed by atoms with van der Waals surface area (Å²) in [6, 6.07) is 10.2. The Balaban J connectivity index is 1.44. The summed E-state index contributed by atoms with van der Waals surface area (Å²) in [5.41, 5.74) is 6.60. The molecule has 0 spiro atoms. The number of benzene rings is 2. The molecule has 3 aromatic rings. The van der Waals surface area contributed by atoms with Crippen LogP contribution in [0.2, 0.25) is 0 Å². The molecule has 2 amide bonds. The van der Waals surface area contributed by atoms with Crippen LogP contribution in [0.25, 0.3) is 10.9 Å². The second-order valence-electron chi connectivity index (χ2n) is 6.89. The molecule has 1 aromatic heterocycles. The Labute approximate surface area is 172 Å². The van der Waals surface area contributed by atoms with E-state index in [1.54, 1.807) is 59.2 Å². The smallest absolute Gasteiger partial charge is 0.260 e. The summed E-state index contributed by atoms with van der Waals surface area (Å²) in [5, 5.41) is 4.98. The van der Waals surface area contributed by atoms with Crippen LogP contribution < -0.4 is 15.2 Å². The van der Waals surface area contributed by atoms with Gasteiger partial charge in [0, 0.05) is 31.6 Å². The first-order chi connectivity index (χ1) is 14.5. The number of aryl methyl sites for hydroxylation is 1. The average molecular weight is 410 g/mol. The number of aromatic nitrogens is 2. The minimum Gasteiger partial charge on any atom is -0.484 e. The van der Waals surface area contributed by atoms with E-state index in [0.717, 1.165) is 10.9 Å². The molecular weight excluding hydrogens is 388 g/mol. The monoisotopic (exact) mass is 410 g/mol. The molecule has 4 rings (SSSR count). The van der Waals surface area contributed by atoms with E-state index >= 15 is 0 Å². The minimum atomic E-state index is -0.586. The quantitative estimate of drug-likeness (QED) is 0.663. The minimum absolute atomic E-state index is 0.0385. The van der Waals surface area contributed by atoms with Crippen molar-refractivity contribution < 1.29 is 23.8 Å². The van der Waals surface area contributed by atoms with Crippen LogP contribution in [0.15, 0.2) is 42.6 Å². The molecule has 9 nitrogen and oxygen atoms in total. The van der Waals surface area contributed by atoms with Crippen molar-refractivity contribution in [2.75, 3.05) is 32.9 Å². The van der Waals surface area contributed by atoms with Gasteiger partial charge in [0.2, 0.25) is 0 Å². The van der Waals surface area contributed by atoms with Gasteiger partial charge in [0.1, 0.15) is 17.2 Å². The molecule has 156 valence electrons. The van der Waals surface area contributed by atoms with E-state index in [2.05, 4.69) is 5.10 Å². The maximum atomic E-state index is 12.2. The van der Waals surface area contributed by atoms with Crippen molar-refractivity contribution in [2.45, 2.75) is 0 Å². The van der Waals surface area contributed by atoms with Crippen LogP contribution in [-0.2, 0) is 16.6 Å². The summed E-state index contributed by atoms with van der Waals surface area (Å²) in [6.07, 6.45) is 1.66. The van der Waals surface area contributed by atoms with Crippen molar-refractivity contribution in [3.8, 4) is 17.2 Å². The maximum Gasteiger partial charge on any atom is 0.260 e. The molecular formula is C21H22N4O5. The van der Waals surface area contributed by atoms with Gasteiger partial charge in [-0.3, -0.25) is 14.3 Å². The van der Waals surface area contributed by atoms with Crippen LogP contribution in [0.1, 0.15) is 10.4 Å². The van der Waals surface area contributed by atoms with Crippen LogP contribution in [-0.4, -0.2) is 59.4 Å². The Bertz CT molecular complexity index is 1070. The summed E-state index contributed by atoms with van der Waals surface area (Å²) in [6.45, 7) is 2.23. The highest BCUT2D eigenvalue weighted by Crippen LogP contribution is 2.30. The van der Waals surface area contributed by atoms with Crippen molar-refractivity contribution in [2.24, 2.45) is 12.8 Å². The van der Waals surface area contributed by atoms with E-state index in [1.807, 2.05) is 0 Å². The highest BCUT2D eigenvalue weighted by molar-refractivity contribution is 6.00. The van der Waals surface area contributed by atoms with Crippen molar-refractivity contribution in [1.29, 1.82) is 0 Å². The van der Waals surface area contributed by atoms with E-state index in [9.17, 15) is 9.59 Å². The SMILES string of the molecule is Cn1ncc2cc(C(N)=O)c(Oc3ccc(OCC(=O)N4CCOCC4)cc3)cc21. The Morgan fingerprint density at radius 2 is 1.83 bits per heavy atom. The lowest BCUT2D eigenvalue weighted by molar-refractivity contribution is -0.137. The van der Waals surface area contributed by atoms with Crippen LogP contribution >= 0.6 is 0 Å². The predicted octanol–water partition coefficient (Wildman–Crippen LogP) is 1.70. The van der Waals surface area contributed by atoms with Gasteiger partial charge in [0.25, 0.3) is 11.8 Å². The lowest BCUT2D eigenvalue weighted by Crippen LogP contribution is -2.42. The molecule has 1 aliphatic heterocycles. The average Bonchev–Trinajstić information content (AvgIpc) is 3.13. The van der Waals surface area contributed by atoms with Crippen molar-refractivity contribution in [1.82, 2.24) is 14.7 Å². The molecule has 0 unspecified atom stereocenters. The number of carbonyl (C=O) groups excluding carboxylic acids is 2. The van der Waals surface area contributed by atoms with E-state index < -0.39 is 5.91 Å². The molecule has 0 aliphatic carbocycles. The zero-order valence-electron chi connectivity index (χ0n) is 16.5. The second-order valence-corrected chi connectivity index (χ2v) is 6.89. The third-order valence-electron chi connectivity index (χ3n) is 4.89. The largest absolute Gasteiger partial charge is 0.484 e. The third-order valence-corrected chi connectivity index (χ3v) is 4.89. The molecule has 2 aromatic carbocycles. The first-order valence-corrected chi connectivity index (χ1v) is 9.53. The maximum absolute atomic E-state index is 12.2. The van der Waals surface area contributed by atoms with Crippen LogP contribution in [0.4, 0.5) is 0 Å². The van der Waals surface area contributed by atoms with Crippen molar-refractivity contribution in [3.63, 3.8) is 0 Å². The highest BCUT2D eigenvalue weighted by atomic mass is 16.5. The van der Waals surface area contributed by atoms with Gasteiger partial charge >= 0.3 is 0 Å². The van der Waals surface area contributed by atoms with E-state index in [4.69, 9.17) is 19.9 Å². The van der Waals surface area contributed by atoms with Gasteiger partial charge in [-0.05, 0) is 30.3 Å². The number of rotatable bonds is 6. The molecule has 1 saturated heterocycles. The fourth-order valence-electron chi connectivity index (χ4n) is 3.24. The Morgan fingerprint density at radius 3 is 2.53 bits per heavy atom. The van der Waals surface area contributed by atoms with Gasteiger partial charge in [-0.1, -0.05) is 0 Å². The molecule has 1 fully saturated rings. The molecule has 2 N–H and O–H groups in total.